The van der Waals surface area contributed by atoms with Gasteiger partial charge in [0.1, 0.15) is 16.6 Å². The largest absolute Gasteiger partial charge is 0.441 e. The Morgan fingerprint density at radius 2 is 1.68 bits per heavy atom. The molecule has 0 amide bonds. The second-order valence-corrected chi connectivity index (χ2v) is 7.47. The highest BCUT2D eigenvalue weighted by Gasteiger charge is 2.12. The summed E-state index contributed by atoms with van der Waals surface area (Å²) in [6.45, 7) is 6.62. The van der Waals surface area contributed by atoms with E-state index in [2.05, 4.69) is 70.9 Å². The van der Waals surface area contributed by atoms with Gasteiger partial charge in [0.25, 0.3) is 0 Å². The van der Waals surface area contributed by atoms with Crippen LogP contribution in [0.3, 0.4) is 0 Å². The fraction of sp³-hybridized carbons (Fsp3) is 0.350. The minimum absolute atomic E-state index is 0.423. The Kier molecular flexibility index (Phi) is 4.25. The Hall–Kier alpha value is -2.27. The van der Waals surface area contributed by atoms with E-state index in [9.17, 15) is 0 Å². The molecule has 0 spiro atoms. The van der Waals surface area contributed by atoms with Crippen LogP contribution in [0.5, 0.6) is 0 Å². The summed E-state index contributed by atoms with van der Waals surface area (Å²) in [5, 5.41) is 0. The standard InChI is InChI=1S/C20H21N3OS/c1-12(2)14-5-8-17-19(11-14)24-20(21-17)9-4-13(3)15-6-7-16-18(10-15)23-25-22-16/h5-8,10-13H,4,9H2,1-3H3. The van der Waals surface area contributed by atoms with Gasteiger partial charge in [0, 0.05) is 6.42 Å². The van der Waals surface area contributed by atoms with Crippen LogP contribution < -0.4 is 0 Å². The molecule has 4 aromatic rings. The summed E-state index contributed by atoms with van der Waals surface area (Å²) in [5.74, 6) is 1.74. The highest BCUT2D eigenvalue weighted by Crippen LogP contribution is 2.26. The molecule has 0 aliphatic heterocycles. The monoisotopic (exact) mass is 351 g/mol. The molecule has 0 aliphatic carbocycles. The lowest BCUT2D eigenvalue weighted by molar-refractivity contribution is 0.505. The van der Waals surface area contributed by atoms with E-state index in [1.54, 1.807) is 0 Å². The molecule has 2 aromatic carbocycles. The van der Waals surface area contributed by atoms with Crippen molar-refractivity contribution in [2.45, 2.75) is 45.4 Å². The third kappa shape index (κ3) is 3.29. The first-order chi connectivity index (χ1) is 12.1. The number of aromatic nitrogens is 3. The molecule has 0 bridgehead atoms. The molecule has 0 radical (unpaired) electrons. The van der Waals surface area contributed by atoms with Gasteiger partial charge in [-0.15, -0.1) is 0 Å². The number of nitrogens with zero attached hydrogens (tertiary/aromatic N) is 3. The van der Waals surface area contributed by atoms with Gasteiger partial charge in [0.15, 0.2) is 11.5 Å². The molecule has 128 valence electrons. The third-order valence-electron chi connectivity index (χ3n) is 4.76. The van der Waals surface area contributed by atoms with E-state index in [-0.39, 0.29) is 0 Å². The predicted molar refractivity (Wildman–Crippen MR) is 102 cm³/mol. The molecule has 5 heteroatoms. The van der Waals surface area contributed by atoms with E-state index in [1.165, 1.54) is 22.9 Å². The topological polar surface area (TPSA) is 51.8 Å². The van der Waals surface area contributed by atoms with Gasteiger partial charge in [0.05, 0.1) is 11.7 Å². The lowest BCUT2D eigenvalue weighted by Crippen LogP contribution is -1.96. The summed E-state index contributed by atoms with van der Waals surface area (Å²) < 4.78 is 14.6. The van der Waals surface area contributed by atoms with Crippen molar-refractivity contribution < 1.29 is 4.42 Å². The quantitative estimate of drug-likeness (QED) is 0.463. The van der Waals surface area contributed by atoms with Gasteiger partial charge in [-0.3, -0.25) is 0 Å². The van der Waals surface area contributed by atoms with E-state index in [0.29, 0.717) is 11.8 Å². The molecule has 0 fully saturated rings. The number of hydrogen-bond donors (Lipinski definition) is 0. The number of benzene rings is 2. The summed E-state index contributed by atoms with van der Waals surface area (Å²) in [7, 11) is 0. The molecule has 2 aromatic heterocycles. The Bertz CT molecular complexity index is 1020. The SMILES string of the molecule is CC(C)c1ccc2nc(CCC(C)c3ccc4nsnc4c3)oc2c1. The van der Waals surface area contributed by atoms with Crippen LogP contribution in [0.25, 0.3) is 22.1 Å². The number of oxazole rings is 1. The second kappa shape index (κ2) is 6.56. The van der Waals surface area contributed by atoms with E-state index in [1.807, 2.05) is 0 Å². The zero-order valence-corrected chi connectivity index (χ0v) is 15.5. The van der Waals surface area contributed by atoms with E-state index >= 15 is 0 Å². The van der Waals surface area contributed by atoms with Gasteiger partial charge < -0.3 is 4.42 Å². The number of fused-ring (bicyclic) bond motifs is 2. The van der Waals surface area contributed by atoms with E-state index < -0.39 is 0 Å². The molecule has 0 saturated heterocycles. The number of hydrogen-bond acceptors (Lipinski definition) is 5. The first-order valence-corrected chi connectivity index (χ1v) is 9.45. The number of rotatable bonds is 5. The van der Waals surface area contributed by atoms with Crippen molar-refractivity contribution >= 4 is 33.9 Å². The summed E-state index contributed by atoms with van der Waals surface area (Å²) in [6.07, 6.45) is 1.83. The van der Waals surface area contributed by atoms with E-state index in [4.69, 9.17) is 4.42 Å². The minimum atomic E-state index is 0.423. The highest BCUT2D eigenvalue weighted by atomic mass is 32.1. The maximum absolute atomic E-state index is 5.97. The van der Waals surface area contributed by atoms with Gasteiger partial charge in [0.2, 0.25) is 0 Å². The van der Waals surface area contributed by atoms with Gasteiger partial charge in [-0.05, 0) is 53.6 Å². The first-order valence-electron chi connectivity index (χ1n) is 8.72. The van der Waals surface area contributed by atoms with Crippen molar-refractivity contribution in [1.29, 1.82) is 0 Å². The Morgan fingerprint density at radius 1 is 0.920 bits per heavy atom. The fourth-order valence-electron chi connectivity index (χ4n) is 3.07. The number of aryl methyl sites for hydroxylation is 1. The predicted octanol–water partition coefficient (Wildman–Crippen LogP) is 5.69. The van der Waals surface area contributed by atoms with Crippen molar-refractivity contribution in [3.63, 3.8) is 0 Å². The Balaban J connectivity index is 1.49. The van der Waals surface area contributed by atoms with Gasteiger partial charge >= 0.3 is 0 Å². The van der Waals surface area contributed by atoms with Crippen LogP contribution in [0, 0.1) is 0 Å². The maximum Gasteiger partial charge on any atom is 0.195 e. The highest BCUT2D eigenvalue weighted by molar-refractivity contribution is 7.00. The first kappa shape index (κ1) is 16.2. The average molecular weight is 351 g/mol. The van der Waals surface area contributed by atoms with Gasteiger partial charge in [-0.1, -0.05) is 32.9 Å². The second-order valence-electron chi connectivity index (χ2n) is 6.94. The van der Waals surface area contributed by atoms with Crippen molar-refractivity contribution in [1.82, 2.24) is 13.7 Å². The molecule has 1 atom stereocenters. The Labute approximate surface area is 151 Å². The van der Waals surface area contributed by atoms with Gasteiger partial charge in [-0.25, -0.2) is 4.98 Å². The van der Waals surface area contributed by atoms with Gasteiger partial charge in [-0.2, -0.15) is 8.75 Å². The van der Waals surface area contributed by atoms with Crippen molar-refractivity contribution in [2.75, 3.05) is 0 Å². The van der Waals surface area contributed by atoms with Crippen LogP contribution in [-0.4, -0.2) is 13.7 Å². The molecular weight excluding hydrogens is 330 g/mol. The molecule has 25 heavy (non-hydrogen) atoms. The van der Waals surface area contributed by atoms with Crippen LogP contribution >= 0.6 is 11.7 Å². The van der Waals surface area contributed by atoms with Crippen LogP contribution in [0.2, 0.25) is 0 Å². The summed E-state index contributed by atoms with van der Waals surface area (Å²) in [5.41, 5.74) is 6.37. The summed E-state index contributed by atoms with van der Waals surface area (Å²) in [4.78, 5) is 4.63. The zero-order chi connectivity index (χ0) is 17.4. The fourth-order valence-corrected chi connectivity index (χ4v) is 3.58. The summed E-state index contributed by atoms with van der Waals surface area (Å²) in [6, 6.07) is 12.7. The molecule has 0 N–H and O–H groups in total. The van der Waals surface area contributed by atoms with Crippen molar-refractivity contribution in [2.24, 2.45) is 0 Å². The molecule has 4 nitrogen and oxygen atoms in total. The average Bonchev–Trinajstić information content (AvgIpc) is 3.24. The normalized spacial score (nSPS) is 13.1. The maximum atomic E-state index is 5.97. The van der Waals surface area contributed by atoms with E-state index in [0.717, 1.165) is 40.9 Å². The lowest BCUT2D eigenvalue weighted by Gasteiger charge is -2.10. The molecule has 0 saturated carbocycles. The molecule has 2 heterocycles. The molecule has 1 unspecified atom stereocenters. The van der Waals surface area contributed by atoms with Crippen LogP contribution in [-0.2, 0) is 6.42 Å². The molecular formula is C20H21N3OS. The lowest BCUT2D eigenvalue weighted by atomic mass is 9.96. The zero-order valence-electron chi connectivity index (χ0n) is 14.7. The minimum Gasteiger partial charge on any atom is -0.441 e. The van der Waals surface area contributed by atoms with Crippen LogP contribution in [0.15, 0.2) is 40.8 Å². The smallest absolute Gasteiger partial charge is 0.195 e. The van der Waals surface area contributed by atoms with Crippen LogP contribution in [0.4, 0.5) is 0 Å². The summed E-state index contributed by atoms with van der Waals surface area (Å²) >= 11 is 1.26. The third-order valence-corrected chi connectivity index (χ3v) is 5.32. The van der Waals surface area contributed by atoms with Crippen LogP contribution in [0.1, 0.15) is 56.0 Å². The Morgan fingerprint density at radius 3 is 2.52 bits per heavy atom. The molecule has 0 aliphatic rings. The van der Waals surface area contributed by atoms with Crippen molar-refractivity contribution in [3.05, 3.63) is 53.4 Å². The molecule has 4 rings (SSSR count). The van der Waals surface area contributed by atoms with Crippen molar-refractivity contribution in [3.8, 4) is 0 Å².